The predicted molar refractivity (Wildman–Crippen MR) is 179 cm³/mol. The summed E-state index contributed by atoms with van der Waals surface area (Å²) in [5.74, 6) is 3.46. The molecule has 218 valence electrons. The summed E-state index contributed by atoms with van der Waals surface area (Å²) in [7, 11) is 0. The van der Waals surface area contributed by atoms with Gasteiger partial charge in [0.2, 0.25) is 0 Å². The average Bonchev–Trinajstić information content (AvgIpc) is 2.98. The quantitative estimate of drug-likeness (QED) is 0.121. The number of allylic oxidation sites excluding steroid dienone is 1. The number of benzene rings is 3. The van der Waals surface area contributed by atoms with E-state index in [1.165, 1.54) is 38.3 Å². The number of nitrogen functional groups attached to an aromatic ring is 1. The summed E-state index contributed by atoms with van der Waals surface area (Å²) in [6.07, 6.45) is 4.49. The fourth-order valence-corrected chi connectivity index (χ4v) is 5.89. The molecule has 0 amide bonds. The van der Waals surface area contributed by atoms with Gasteiger partial charge < -0.3 is 10.5 Å². The molecule has 3 atom stereocenters. The van der Waals surface area contributed by atoms with Gasteiger partial charge >= 0.3 is 0 Å². The van der Waals surface area contributed by atoms with Crippen LogP contribution in [-0.2, 0) is 12.4 Å². The van der Waals surface area contributed by atoms with Crippen molar-refractivity contribution in [3.05, 3.63) is 101 Å². The Balaban J connectivity index is 0.00000274. The monoisotopic (exact) mass is 559 g/mol. The normalized spacial score (nSPS) is 13.1. The first-order valence-corrected chi connectivity index (χ1v) is 16.2. The zero-order valence-electron chi connectivity index (χ0n) is 26.3. The maximum absolute atomic E-state index is 6.14. The maximum Gasteiger partial charge on any atom is 0.119 e. The molecule has 0 saturated heterocycles. The molecule has 2 N–H and O–H groups in total. The van der Waals surface area contributed by atoms with E-state index in [4.69, 9.17) is 10.5 Å². The number of thioether (sulfide) groups is 1. The second-order valence-corrected chi connectivity index (χ2v) is 11.8. The van der Waals surface area contributed by atoms with Crippen LogP contribution in [0.2, 0.25) is 0 Å². The molecule has 3 rings (SSSR count). The van der Waals surface area contributed by atoms with Gasteiger partial charge in [0, 0.05) is 16.3 Å². The van der Waals surface area contributed by atoms with Crippen LogP contribution in [-0.4, -0.2) is 0 Å². The number of hydrogen-bond acceptors (Lipinski definition) is 3. The summed E-state index contributed by atoms with van der Waals surface area (Å²) >= 11 is 1.89. The van der Waals surface area contributed by atoms with E-state index >= 15 is 0 Å². The number of nitrogens with two attached hydrogens (primary N) is 1. The molecule has 0 radical (unpaired) electrons. The van der Waals surface area contributed by atoms with Crippen molar-refractivity contribution in [1.82, 2.24) is 0 Å². The molecule has 0 fully saturated rings. The average molecular weight is 560 g/mol. The molecule has 0 spiro atoms. The Bertz CT molecular complexity index is 1180. The molecule has 2 nitrogen and oxygen atoms in total. The Kier molecular flexibility index (Phi) is 14.5. The molecule has 0 bridgehead atoms. The van der Waals surface area contributed by atoms with Crippen LogP contribution in [0.15, 0.2) is 77.7 Å². The van der Waals surface area contributed by atoms with Gasteiger partial charge in [0.25, 0.3) is 0 Å². The lowest BCUT2D eigenvalue weighted by Crippen LogP contribution is -2.05. The molecular formula is C37H53NOS. The van der Waals surface area contributed by atoms with Crippen molar-refractivity contribution in [2.24, 2.45) is 5.92 Å². The number of rotatable bonds is 14. The van der Waals surface area contributed by atoms with E-state index in [0.29, 0.717) is 24.4 Å². The van der Waals surface area contributed by atoms with E-state index in [2.05, 4.69) is 96.7 Å². The van der Waals surface area contributed by atoms with Gasteiger partial charge in [-0.1, -0.05) is 84.9 Å². The topological polar surface area (TPSA) is 35.2 Å². The van der Waals surface area contributed by atoms with Gasteiger partial charge in [-0.2, -0.15) is 0 Å². The van der Waals surface area contributed by atoms with Crippen LogP contribution in [0.3, 0.4) is 0 Å². The lowest BCUT2D eigenvalue weighted by molar-refractivity contribution is 0.304. The number of anilines is 1. The van der Waals surface area contributed by atoms with Crippen molar-refractivity contribution in [2.45, 2.75) is 110 Å². The van der Waals surface area contributed by atoms with E-state index in [-0.39, 0.29) is 0 Å². The summed E-state index contributed by atoms with van der Waals surface area (Å²) in [5.41, 5.74) is 14.9. The predicted octanol–water partition coefficient (Wildman–Crippen LogP) is 11.5. The van der Waals surface area contributed by atoms with Crippen LogP contribution >= 0.6 is 11.8 Å². The minimum atomic E-state index is 0.489. The van der Waals surface area contributed by atoms with Crippen LogP contribution < -0.4 is 10.5 Å². The zero-order chi connectivity index (χ0) is 29.7. The number of ether oxygens (including phenoxy) is 1. The fourth-order valence-electron chi connectivity index (χ4n) is 4.94. The van der Waals surface area contributed by atoms with Crippen LogP contribution in [0.1, 0.15) is 114 Å². The minimum absolute atomic E-state index is 0.489. The van der Waals surface area contributed by atoms with Crippen molar-refractivity contribution >= 4 is 17.4 Å². The highest BCUT2D eigenvalue weighted by atomic mass is 32.2. The Morgan fingerprint density at radius 1 is 0.875 bits per heavy atom. The molecule has 3 aromatic carbocycles. The summed E-state index contributed by atoms with van der Waals surface area (Å²) in [4.78, 5) is 1.32. The van der Waals surface area contributed by atoms with Gasteiger partial charge in [-0.15, -0.1) is 11.8 Å². The van der Waals surface area contributed by atoms with E-state index in [0.717, 1.165) is 42.9 Å². The molecule has 0 aliphatic heterocycles. The summed E-state index contributed by atoms with van der Waals surface area (Å²) in [6, 6.07) is 21.7. The van der Waals surface area contributed by atoms with Crippen LogP contribution in [0, 0.1) is 12.8 Å². The molecule has 0 saturated carbocycles. The van der Waals surface area contributed by atoms with Crippen molar-refractivity contribution in [1.29, 1.82) is 0 Å². The van der Waals surface area contributed by atoms with Gasteiger partial charge in [-0.05, 0) is 115 Å². The third kappa shape index (κ3) is 9.77. The Morgan fingerprint density at radius 2 is 1.55 bits per heavy atom. The molecule has 0 heterocycles. The summed E-state index contributed by atoms with van der Waals surface area (Å²) < 4.78 is 6.14. The summed E-state index contributed by atoms with van der Waals surface area (Å²) in [6.45, 7) is 22.5. The van der Waals surface area contributed by atoms with E-state index in [1.807, 2.05) is 37.7 Å². The van der Waals surface area contributed by atoms with Crippen LogP contribution in [0.4, 0.5) is 5.69 Å². The molecular weight excluding hydrogens is 506 g/mol. The zero-order valence-corrected chi connectivity index (χ0v) is 27.2. The summed E-state index contributed by atoms with van der Waals surface area (Å²) in [5, 5.41) is 0. The Hall–Kier alpha value is -2.65. The lowest BCUT2D eigenvalue weighted by Gasteiger charge is -2.22. The van der Waals surface area contributed by atoms with Crippen molar-refractivity contribution in [3.8, 4) is 5.75 Å². The Morgan fingerprint density at radius 3 is 2.15 bits per heavy atom. The second kappa shape index (κ2) is 17.2. The van der Waals surface area contributed by atoms with Crippen molar-refractivity contribution < 1.29 is 4.74 Å². The third-order valence-corrected chi connectivity index (χ3v) is 9.09. The highest BCUT2D eigenvalue weighted by Crippen LogP contribution is 2.34. The van der Waals surface area contributed by atoms with Crippen LogP contribution in [0.5, 0.6) is 5.75 Å². The van der Waals surface area contributed by atoms with E-state index in [1.54, 1.807) is 0 Å². The standard InChI is InChI=1S/C35H47NOS.C2H6/c1-8-24(4)26(6)19-29(10-3)35-18-16-33(20-27(35)7)38-23-28-11-14-32(15-12-28)37-22-30-21-31(36)13-17-34(30)25(5)9-2;1-2/h11-18,20-21,24-25,29H,6,8-10,19,22-23,36H2,1-5,7H3;1-2H3. The van der Waals surface area contributed by atoms with Gasteiger partial charge in [-0.25, -0.2) is 0 Å². The van der Waals surface area contributed by atoms with Crippen molar-refractivity contribution in [2.75, 3.05) is 5.73 Å². The van der Waals surface area contributed by atoms with Crippen LogP contribution in [0.25, 0.3) is 0 Å². The molecule has 3 unspecified atom stereocenters. The molecule has 0 aromatic heterocycles. The molecule has 0 aliphatic rings. The fraction of sp³-hybridized carbons (Fsp3) is 0.459. The SMILES string of the molecule is C=C(CC(CC)c1ccc(SCc2ccc(OCc3cc(N)ccc3C(C)CC)cc2)cc1C)C(C)CC.CC. The molecule has 3 heteroatoms. The smallest absolute Gasteiger partial charge is 0.119 e. The van der Waals surface area contributed by atoms with E-state index in [9.17, 15) is 0 Å². The first-order valence-electron chi connectivity index (χ1n) is 15.3. The molecule has 0 aliphatic carbocycles. The highest BCUT2D eigenvalue weighted by Gasteiger charge is 2.16. The largest absolute Gasteiger partial charge is 0.489 e. The van der Waals surface area contributed by atoms with Gasteiger partial charge in [0.05, 0.1) is 0 Å². The highest BCUT2D eigenvalue weighted by molar-refractivity contribution is 7.98. The van der Waals surface area contributed by atoms with Gasteiger partial charge in [0.15, 0.2) is 0 Å². The first kappa shape index (κ1) is 33.6. The third-order valence-electron chi connectivity index (χ3n) is 8.03. The van der Waals surface area contributed by atoms with Gasteiger partial charge in [0.1, 0.15) is 12.4 Å². The second-order valence-electron chi connectivity index (χ2n) is 10.8. The van der Waals surface area contributed by atoms with E-state index < -0.39 is 0 Å². The molecule has 3 aromatic rings. The van der Waals surface area contributed by atoms with Crippen molar-refractivity contribution in [3.63, 3.8) is 0 Å². The molecule has 40 heavy (non-hydrogen) atoms. The first-order chi connectivity index (χ1) is 19.2. The Labute approximate surface area is 249 Å². The number of aryl methyl sites for hydroxylation is 1. The number of hydrogen-bond donors (Lipinski definition) is 1. The lowest BCUT2D eigenvalue weighted by atomic mass is 9.84. The maximum atomic E-state index is 6.14. The van der Waals surface area contributed by atoms with Gasteiger partial charge in [-0.3, -0.25) is 0 Å². The minimum Gasteiger partial charge on any atom is -0.489 e.